The molecule has 9 nitrogen and oxygen atoms in total. The van der Waals surface area contributed by atoms with E-state index in [9.17, 15) is 9.90 Å². The average molecular weight is 546 g/mol. The number of allylic oxidation sites excluding steroid dienone is 1. The molecule has 3 aromatic heterocycles. The van der Waals surface area contributed by atoms with E-state index in [1.807, 2.05) is 4.90 Å². The maximum Gasteiger partial charge on any atom is 0.226 e. The number of halogens is 2. The first-order valence-corrected chi connectivity index (χ1v) is 13.9. The monoisotopic (exact) mass is 545 g/mol. The van der Waals surface area contributed by atoms with Gasteiger partial charge in [0.15, 0.2) is 21.8 Å². The molecule has 7 rings (SSSR count). The summed E-state index contributed by atoms with van der Waals surface area (Å²) in [5.41, 5.74) is 1.35. The molecule has 3 fully saturated rings. The third-order valence-corrected chi connectivity index (χ3v) is 9.52. The third kappa shape index (κ3) is 3.77. The Morgan fingerprint density at radius 1 is 1.28 bits per heavy atom. The number of β-amino-alcohol motifs (C(OH)–C–C–N with tert-alkyl or cyclic N) is 1. The van der Waals surface area contributed by atoms with Gasteiger partial charge in [0, 0.05) is 19.1 Å². The summed E-state index contributed by atoms with van der Waals surface area (Å²) in [6.07, 6.45) is 10.1. The van der Waals surface area contributed by atoms with E-state index < -0.39 is 5.54 Å². The Bertz CT molecular complexity index is 1400. The number of carbonyl (C=O) groups excluding carboxylic acids is 1. The van der Waals surface area contributed by atoms with Crippen molar-refractivity contribution in [2.45, 2.75) is 49.8 Å². The van der Waals surface area contributed by atoms with Crippen LogP contribution in [0.15, 0.2) is 18.3 Å². The van der Waals surface area contributed by atoms with Gasteiger partial charge >= 0.3 is 0 Å². The summed E-state index contributed by atoms with van der Waals surface area (Å²) in [4.78, 5) is 32.8. The Kier molecular flexibility index (Phi) is 5.25. The van der Waals surface area contributed by atoms with E-state index in [2.05, 4.69) is 37.7 Å². The number of amides is 1. The number of hydrogen-bond acceptors (Lipinski definition) is 8. The van der Waals surface area contributed by atoms with Crippen LogP contribution in [-0.4, -0.2) is 61.7 Å². The van der Waals surface area contributed by atoms with E-state index >= 15 is 0 Å². The van der Waals surface area contributed by atoms with E-state index in [1.54, 1.807) is 6.20 Å². The standard InChI is InChI=1S/C24H25Cl2N7O2S/c25-15-9-27-20-17(29-21(31-20)18-19(26)30-23(36-18)33-6-4-13(34)10-33)16(15)32-24-5-3-11(8-24)7-14(24)22(35)28-12-1-2-12/h3,5,9,11-14,34H,1-2,4,6-8,10H2,(H,28,35)(H2,27,29,31,32)/t11-,13-,14-,24-/m1/s1. The van der Waals surface area contributed by atoms with E-state index in [4.69, 9.17) is 28.2 Å². The lowest BCUT2D eigenvalue weighted by Gasteiger charge is -2.34. The number of aromatic amines is 1. The summed E-state index contributed by atoms with van der Waals surface area (Å²) in [5, 5.41) is 18.3. The second kappa shape index (κ2) is 8.31. The van der Waals surface area contributed by atoms with Gasteiger partial charge in [0.2, 0.25) is 5.91 Å². The molecule has 0 unspecified atom stereocenters. The van der Waals surface area contributed by atoms with Gasteiger partial charge in [-0.15, -0.1) is 0 Å². The first-order valence-electron chi connectivity index (χ1n) is 12.3. The number of rotatable bonds is 6. The van der Waals surface area contributed by atoms with Gasteiger partial charge in [0.1, 0.15) is 10.4 Å². The molecular formula is C24H25Cl2N7O2S. The molecule has 0 radical (unpaired) electrons. The van der Waals surface area contributed by atoms with Gasteiger partial charge in [-0.05, 0) is 38.0 Å². The zero-order valence-corrected chi connectivity index (χ0v) is 21.6. The molecule has 188 valence electrons. The Morgan fingerprint density at radius 2 is 2.14 bits per heavy atom. The SMILES string of the molecule is O=C(NC1CC1)[C@H]1C[C@H]2C=C[C@@]1(Nc1c(Cl)cnc3nc(-c4sc(N5CC[C@@H](O)C5)nc4Cl)[nH]c13)C2. The quantitative estimate of drug-likeness (QED) is 0.346. The molecular weight excluding hydrogens is 521 g/mol. The lowest BCUT2D eigenvalue weighted by atomic mass is 9.85. The van der Waals surface area contributed by atoms with Crippen molar-refractivity contribution in [3.8, 4) is 10.7 Å². The number of aromatic nitrogens is 4. The number of carbonyl (C=O) groups is 1. The van der Waals surface area contributed by atoms with Crippen molar-refractivity contribution in [1.29, 1.82) is 0 Å². The minimum atomic E-state index is -0.501. The van der Waals surface area contributed by atoms with Crippen molar-refractivity contribution >= 4 is 62.4 Å². The van der Waals surface area contributed by atoms with Crippen molar-refractivity contribution in [2.75, 3.05) is 23.3 Å². The first kappa shape index (κ1) is 22.8. The second-order valence-electron chi connectivity index (χ2n) is 10.3. The summed E-state index contributed by atoms with van der Waals surface area (Å²) in [7, 11) is 0. The van der Waals surface area contributed by atoms with Crippen LogP contribution < -0.4 is 15.5 Å². The zero-order chi connectivity index (χ0) is 24.6. The first-order chi connectivity index (χ1) is 17.4. The lowest BCUT2D eigenvalue weighted by Crippen LogP contribution is -2.48. The topological polar surface area (TPSA) is 119 Å². The second-order valence-corrected chi connectivity index (χ2v) is 12.1. The van der Waals surface area contributed by atoms with Crippen LogP contribution in [0.5, 0.6) is 0 Å². The number of anilines is 2. The highest BCUT2D eigenvalue weighted by molar-refractivity contribution is 7.19. The number of fused-ring (bicyclic) bond motifs is 3. The fourth-order valence-corrected chi connectivity index (χ4v) is 7.21. The van der Waals surface area contributed by atoms with Crippen LogP contribution in [0.4, 0.5) is 10.8 Å². The highest BCUT2D eigenvalue weighted by atomic mass is 35.5. The van der Waals surface area contributed by atoms with Crippen molar-refractivity contribution in [2.24, 2.45) is 11.8 Å². The van der Waals surface area contributed by atoms with Crippen LogP contribution in [-0.2, 0) is 4.79 Å². The van der Waals surface area contributed by atoms with Gasteiger partial charge in [-0.3, -0.25) is 4.79 Å². The van der Waals surface area contributed by atoms with E-state index in [0.717, 1.165) is 37.4 Å². The van der Waals surface area contributed by atoms with E-state index in [0.29, 0.717) is 62.7 Å². The van der Waals surface area contributed by atoms with Crippen LogP contribution >= 0.6 is 34.5 Å². The normalized spacial score (nSPS) is 29.0. The van der Waals surface area contributed by atoms with Crippen LogP contribution in [0.3, 0.4) is 0 Å². The maximum atomic E-state index is 13.1. The van der Waals surface area contributed by atoms with Crippen molar-refractivity contribution in [3.63, 3.8) is 0 Å². The third-order valence-electron chi connectivity index (χ3n) is 7.72. The number of aliphatic hydroxyl groups excluding tert-OH is 1. The van der Waals surface area contributed by atoms with Gasteiger partial charge < -0.3 is 25.6 Å². The summed E-state index contributed by atoms with van der Waals surface area (Å²) in [6.45, 7) is 1.28. The molecule has 1 amide bonds. The number of thiazole rings is 1. The molecule has 0 spiro atoms. The molecule has 4 aliphatic rings. The van der Waals surface area contributed by atoms with Crippen LogP contribution in [0, 0.1) is 11.8 Å². The Morgan fingerprint density at radius 3 is 2.89 bits per heavy atom. The maximum absolute atomic E-state index is 13.1. The molecule has 3 aromatic rings. The predicted molar refractivity (Wildman–Crippen MR) is 141 cm³/mol. The average Bonchev–Trinajstić information content (AvgIpc) is 3.31. The number of hydrogen-bond donors (Lipinski definition) is 4. The van der Waals surface area contributed by atoms with E-state index in [-0.39, 0.29) is 17.9 Å². The lowest BCUT2D eigenvalue weighted by molar-refractivity contribution is -0.126. The minimum absolute atomic E-state index is 0.111. The van der Waals surface area contributed by atoms with Crippen LogP contribution in [0.25, 0.3) is 21.9 Å². The molecule has 1 aliphatic heterocycles. The number of pyridine rings is 1. The van der Waals surface area contributed by atoms with Crippen molar-refractivity contribution in [3.05, 3.63) is 28.5 Å². The molecule has 2 saturated carbocycles. The number of nitrogens with one attached hydrogen (secondary N) is 3. The smallest absolute Gasteiger partial charge is 0.226 e. The Hall–Kier alpha value is -2.40. The molecule has 12 heteroatoms. The number of nitrogens with zero attached hydrogens (tertiary/aromatic N) is 4. The fraction of sp³-hybridized carbons (Fsp3) is 0.500. The highest BCUT2D eigenvalue weighted by Gasteiger charge is 2.53. The highest BCUT2D eigenvalue weighted by Crippen LogP contribution is 2.50. The van der Waals surface area contributed by atoms with Crippen molar-refractivity contribution in [1.82, 2.24) is 25.3 Å². The molecule has 0 aromatic carbocycles. The molecule has 2 bridgehead atoms. The molecule has 4 N–H and O–H groups in total. The Balaban J connectivity index is 1.23. The summed E-state index contributed by atoms with van der Waals surface area (Å²) < 4.78 is 0. The largest absolute Gasteiger partial charge is 0.391 e. The Labute approximate surface area is 221 Å². The van der Waals surface area contributed by atoms with Gasteiger partial charge in [-0.25, -0.2) is 15.0 Å². The molecule has 3 aliphatic carbocycles. The zero-order valence-electron chi connectivity index (χ0n) is 19.3. The van der Waals surface area contributed by atoms with Gasteiger partial charge in [0.05, 0.1) is 34.5 Å². The van der Waals surface area contributed by atoms with Gasteiger partial charge in [0.25, 0.3) is 0 Å². The molecule has 4 heterocycles. The van der Waals surface area contributed by atoms with E-state index in [1.165, 1.54) is 11.3 Å². The number of H-pyrrole nitrogens is 1. The van der Waals surface area contributed by atoms with Crippen molar-refractivity contribution < 1.29 is 9.90 Å². The van der Waals surface area contributed by atoms with Crippen LogP contribution in [0.2, 0.25) is 10.2 Å². The van der Waals surface area contributed by atoms with Gasteiger partial charge in [-0.1, -0.05) is 46.7 Å². The molecule has 1 saturated heterocycles. The fourth-order valence-electron chi connectivity index (χ4n) is 5.75. The minimum Gasteiger partial charge on any atom is -0.391 e. The number of imidazole rings is 1. The molecule has 36 heavy (non-hydrogen) atoms. The number of aliphatic hydroxyl groups is 1. The van der Waals surface area contributed by atoms with Crippen LogP contribution in [0.1, 0.15) is 32.1 Å². The van der Waals surface area contributed by atoms with Gasteiger partial charge in [-0.2, -0.15) is 0 Å². The summed E-state index contributed by atoms with van der Waals surface area (Å²) in [6, 6.07) is 0.321. The summed E-state index contributed by atoms with van der Waals surface area (Å²) >= 11 is 14.6. The summed E-state index contributed by atoms with van der Waals surface area (Å²) in [5.74, 6) is 0.881. The predicted octanol–water partition coefficient (Wildman–Crippen LogP) is 3.98. The molecule has 4 atom stereocenters.